The molecule has 0 saturated heterocycles. The van der Waals surface area contributed by atoms with Crippen LogP contribution in [0, 0.1) is 0 Å². The summed E-state index contributed by atoms with van der Waals surface area (Å²) in [6.07, 6.45) is 2.18. The van der Waals surface area contributed by atoms with E-state index >= 15 is 0 Å². The standard InChI is InChI=1S/C11H13N7OS/c12-6-3-8(19)16-11(14-6)20-9-4-7(18-13)15-10(17-9)5-1-2-5/h3-5H,1-2,13H2,(H,15,17,18)(H3,12,14,16,19). The van der Waals surface area contributed by atoms with Gasteiger partial charge >= 0.3 is 0 Å². The molecule has 1 aliphatic rings. The molecule has 2 heterocycles. The Morgan fingerprint density at radius 2 is 2.10 bits per heavy atom. The fourth-order valence-corrected chi connectivity index (χ4v) is 2.50. The van der Waals surface area contributed by atoms with Crippen LogP contribution in [-0.4, -0.2) is 19.9 Å². The Bertz CT molecular complexity index is 697. The van der Waals surface area contributed by atoms with Crippen molar-refractivity contribution >= 4 is 23.4 Å². The summed E-state index contributed by atoms with van der Waals surface area (Å²) < 4.78 is 0. The van der Waals surface area contributed by atoms with E-state index in [4.69, 9.17) is 11.6 Å². The number of hydrogen-bond donors (Lipinski definition) is 4. The average Bonchev–Trinajstić information content (AvgIpc) is 3.21. The maximum Gasteiger partial charge on any atom is 0.253 e. The van der Waals surface area contributed by atoms with Crippen LogP contribution in [0.2, 0.25) is 0 Å². The highest BCUT2D eigenvalue weighted by Crippen LogP contribution is 2.39. The first kappa shape index (κ1) is 12.9. The molecule has 6 N–H and O–H groups in total. The summed E-state index contributed by atoms with van der Waals surface area (Å²) in [7, 11) is 0. The maximum atomic E-state index is 11.4. The van der Waals surface area contributed by atoms with Crippen LogP contribution >= 0.6 is 11.8 Å². The lowest BCUT2D eigenvalue weighted by Gasteiger charge is -2.06. The molecule has 0 atom stereocenters. The molecule has 0 aliphatic heterocycles. The molecule has 3 rings (SSSR count). The summed E-state index contributed by atoms with van der Waals surface area (Å²) in [5, 5.41) is 1.04. The zero-order chi connectivity index (χ0) is 14.1. The molecule has 0 unspecified atom stereocenters. The highest BCUT2D eigenvalue weighted by molar-refractivity contribution is 7.99. The van der Waals surface area contributed by atoms with Crippen molar-refractivity contribution in [3.63, 3.8) is 0 Å². The van der Waals surface area contributed by atoms with Crippen LogP contribution < -0.4 is 22.6 Å². The Kier molecular flexibility index (Phi) is 3.28. The van der Waals surface area contributed by atoms with Crippen LogP contribution in [0.25, 0.3) is 0 Å². The Balaban J connectivity index is 1.92. The molecule has 0 aromatic carbocycles. The van der Waals surface area contributed by atoms with Gasteiger partial charge in [-0.25, -0.2) is 20.8 Å². The van der Waals surface area contributed by atoms with E-state index in [1.54, 1.807) is 6.07 Å². The SMILES string of the molecule is NNc1cc(Sc2nc(N)cc(=O)[nH]2)nc(C2CC2)n1. The second kappa shape index (κ2) is 5.10. The van der Waals surface area contributed by atoms with E-state index in [2.05, 4.69) is 25.4 Å². The zero-order valence-electron chi connectivity index (χ0n) is 10.5. The van der Waals surface area contributed by atoms with Crippen LogP contribution in [0.5, 0.6) is 0 Å². The number of nitrogens with zero attached hydrogens (tertiary/aromatic N) is 3. The first-order valence-electron chi connectivity index (χ1n) is 6.04. The van der Waals surface area contributed by atoms with Gasteiger partial charge in [-0.2, -0.15) is 0 Å². The van der Waals surface area contributed by atoms with Crippen molar-refractivity contribution in [3.8, 4) is 0 Å². The molecule has 0 bridgehead atoms. The molecule has 0 radical (unpaired) electrons. The quantitative estimate of drug-likeness (QED) is 0.276. The van der Waals surface area contributed by atoms with Gasteiger partial charge in [-0.1, -0.05) is 0 Å². The number of hydrogen-bond acceptors (Lipinski definition) is 8. The van der Waals surface area contributed by atoms with Gasteiger partial charge in [0.1, 0.15) is 22.5 Å². The van der Waals surface area contributed by atoms with Gasteiger partial charge in [-0.05, 0) is 24.6 Å². The normalized spacial score (nSPS) is 14.2. The predicted octanol–water partition coefficient (Wildman–Crippen LogP) is 0.456. The third-order valence-corrected chi connectivity index (χ3v) is 3.56. The first-order valence-corrected chi connectivity index (χ1v) is 6.86. The maximum absolute atomic E-state index is 11.4. The topological polar surface area (TPSA) is 136 Å². The van der Waals surface area contributed by atoms with Crippen LogP contribution in [-0.2, 0) is 0 Å². The molecule has 2 aromatic rings. The van der Waals surface area contributed by atoms with Crippen LogP contribution in [0.3, 0.4) is 0 Å². The van der Waals surface area contributed by atoms with Gasteiger partial charge in [0.25, 0.3) is 5.56 Å². The lowest BCUT2D eigenvalue weighted by atomic mass is 10.4. The van der Waals surface area contributed by atoms with E-state index in [9.17, 15) is 4.79 Å². The van der Waals surface area contributed by atoms with Crippen molar-refractivity contribution in [2.45, 2.75) is 28.9 Å². The minimum Gasteiger partial charge on any atom is -0.383 e. The summed E-state index contributed by atoms with van der Waals surface area (Å²) in [5.74, 6) is 7.27. The lowest BCUT2D eigenvalue weighted by molar-refractivity contribution is 0.871. The number of H-pyrrole nitrogens is 1. The summed E-state index contributed by atoms with van der Waals surface area (Å²) in [6, 6.07) is 2.92. The minimum absolute atomic E-state index is 0.171. The van der Waals surface area contributed by atoms with E-state index in [0.717, 1.165) is 18.7 Å². The molecule has 1 saturated carbocycles. The molecule has 8 nitrogen and oxygen atoms in total. The fourth-order valence-electron chi connectivity index (χ4n) is 1.69. The Labute approximate surface area is 118 Å². The smallest absolute Gasteiger partial charge is 0.253 e. The van der Waals surface area contributed by atoms with E-state index < -0.39 is 0 Å². The molecule has 1 fully saturated rings. The van der Waals surface area contributed by atoms with Crippen LogP contribution in [0.1, 0.15) is 24.6 Å². The number of anilines is 2. The number of rotatable bonds is 4. The highest BCUT2D eigenvalue weighted by atomic mass is 32.2. The second-order valence-electron chi connectivity index (χ2n) is 4.45. The molecule has 9 heteroatoms. The van der Waals surface area contributed by atoms with Crippen molar-refractivity contribution < 1.29 is 0 Å². The molecule has 0 amide bonds. The van der Waals surface area contributed by atoms with Gasteiger partial charge in [0.2, 0.25) is 0 Å². The van der Waals surface area contributed by atoms with Crippen molar-refractivity contribution in [2.75, 3.05) is 11.2 Å². The van der Waals surface area contributed by atoms with Crippen molar-refractivity contribution in [2.24, 2.45) is 5.84 Å². The molecular formula is C11H13N7OS. The Morgan fingerprint density at radius 1 is 1.30 bits per heavy atom. The third kappa shape index (κ3) is 2.89. The van der Waals surface area contributed by atoms with Gasteiger partial charge in [0.05, 0.1) is 0 Å². The molecule has 104 valence electrons. The van der Waals surface area contributed by atoms with E-state index in [0.29, 0.717) is 21.9 Å². The van der Waals surface area contributed by atoms with Crippen molar-refractivity contribution in [1.29, 1.82) is 0 Å². The third-order valence-electron chi connectivity index (χ3n) is 2.75. The number of aromatic amines is 1. The van der Waals surface area contributed by atoms with Crippen molar-refractivity contribution in [3.05, 3.63) is 28.3 Å². The number of nitrogen functional groups attached to an aromatic ring is 2. The Hall–Kier alpha value is -2.13. The summed E-state index contributed by atoms with van der Waals surface area (Å²) in [6.45, 7) is 0. The van der Waals surface area contributed by atoms with Gasteiger partial charge in [0.15, 0.2) is 5.16 Å². The number of nitrogens with two attached hydrogens (primary N) is 2. The monoisotopic (exact) mass is 291 g/mol. The van der Waals surface area contributed by atoms with Gasteiger partial charge in [0, 0.05) is 18.1 Å². The predicted molar refractivity (Wildman–Crippen MR) is 75.2 cm³/mol. The number of aromatic nitrogens is 4. The van der Waals surface area contributed by atoms with Gasteiger partial charge in [-0.3, -0.25) is 4.79 Å². The summed E-state index contributed by atoms with van der Waals surface area (Å²) in [5.41, 5.74) is 7.77. The van der Waals surface area contributed by atoms with Crippen molar-refractivity contribution in [1.82, 2.24) is 19.9 Å². The molecule has 1 aliphatic carbocycles. The largest absolute Gasteiger partial charge is 0.383 e. The zero-order valence-corrected chi connectivity index (χ0v) is 11.3. The van der Waals surface area contributed by atoms with Gasteiger partial charge in [-0.15, -0.1) is 0 Å². The van der Waals surface area contributed by atoms with Crippen LogP contribution in [0.4, 0.5) is 11.6 Å². The first-order chi connectivity index (χ1) is 9.64. The summed E-state index contributed by atoms with van der Waals surface area (Å²) >= 11 is 1.21. The molecular weight excluding hydrogens is 278 g/mol. The summed E-state index contributed by atoms with van der Waals surface area (Å²) in [4.78, 5) is 26.8. The second-order valence-corrected chi connectivity index (χ2v) is 5.45. The minimum atomic E-state index is -0.298. The number of hydrazine groups is 1. The lowest BCUT2D eigenvalue weighted by Crippen LogP contribution is -2.11. The van der Waals surface area contributed by atoms with Crippen LogP contribution in [0.15, 0.2) is 27.1 Å². The van der Waals surface area contributed by atoms with E-state index in [-0.39, 0.29) is 11.4 Å². The fraction of sp³-hybridized carbons (Fsp3) is 0.273. The Morgan fingerprint density at radius 3 is 2.75 bits per heavy atom. The average molecular weight is 291 g/mol. The molecule has 0 spiro atoms. The number of nitrogens with one attached hydrogen (secondary N) is 2. The van der Waals surface area contributed by atoms with E-state index in [1.165, 1.54) is 17.8 Å². The van der Waals surface area contributed by atoms with Gasteiger partial charge < -0.3 is 16.1 Å². The highest BCUT2D eigenvalue weighted by Gasteiger charge is 2.27. The van der Waals surface area contributed by atoms with E-state index in [1.807, 2.05) is 0 Å². The molecule has 20 heavy (non-hydrogen) atoms. The molecule has 2 aromatic heterocycles.